The van der Waals surface area contributed by atoms with Crippen molar-refractivity contribution in [2.75, 3.05) is 6.54 Å². The number of hydrogen-bond donors (Lipinski definition) is 0. The molecule has 1 saturated heterocycles. The van der Waals surface area contributed by atoms with Crippen molar-refractivity contribution in [3.8, 4) is 0 Å². The molecule has 20 heavy (non-hydrogen) atoms. The number of aromatic nitrogens is 5. The average molecular weight is 276 g/mol. The lowest BCUT2D eigenvalue weighted by atomic mass is 10.00. The van der Waals surface area contributed by atoms with Crippen molar-refractivity contribution in [2.24, 2.45) is 0 Å². The largest absolute Gasteiger partial charge is 0.424 e. The number of aryl methyl sites for hydroxylation is 1. The van der Waals surface area contributed by atoms with Gasteiger partial charge in [0.1, 0.15) is 12.7 Å². The normalized spacial score (nSPS) is 22.0. The Morgan fingerprint density at radius 1 is 1.40 bits per heavy atom. The molecule has 0 N–H and O–H groups in total. The monoisotopic (exact) mass is 276 g/mol. The summed E-state index contributed by atoms with van der Waals surface area (Å²) in [6.07, 6.45) is 6.99. The van der Waals surface area contributed by atoms with E-state index in [9.17, 15) is 0 Å². The minimum atomic E-state index is 0.144. The zero-order chi connectivity index (χ0) is 13.9. The molecule has 1 fully saturated rings. The fourth-order valence-electron chi connectivity index (χ4n) is 2.89. The Bertz CT molecular complexity index is 537. The van der Waals surface area contributed by atoms with Gasteiger partial charge in [0.05, 0.1) is 12.6 Å². The summed E-state index contributed by atoms with van der Waals surface area (Å²) >= 11 is 0. The number of rotatable bonds is 4. The lowest BCUT2D eigenvalue weighted by molar-refractivity contribution is 0.0747. The predicted molar refractivity (Wildman–Crippen MR) is 71.8 cm³/mol. The molecule has 0 bridgehead atoms. The number of likely N-dealkylation sites (tertiary alicyclic amines) is 1. The van der Waals surface area contributed by atoms with Crippen molar-refractivity contribution in [2.45, 2.75) is 51.7 Å². The van der Waals surface area contributed by atoms with Crippen LogP contribution in [-0.4, -0.2) is 42.4 Å². The van der Waals surface area contributed by atoms with Gasteiger partial charge in [-0.25, -0.2) is 4.98 Å². The van der Waals surface area contributed by atoms with Gasteiger partial charge >= 0.3 is 0 Å². The van der Waals surface area contributed by atoms with Gasteiger partial charge in [0.2, 0.25) is 11.8 Å². The molecule has 0 spiro atoms. The number of piperidine rings is 1. The van der Waals surface area contributed by atoms with Gasteiger partial charge in [-0.1, -0.05) is 6.42 Å². The van der Waals surface area contributed by atoms with Crippen LogP contribution in [0.2, 0.25) is 0 Å². The Labute approximate surface area is 118 Å². The van der Waals surface area contributed by atoms with E-state index in [1.54, 1.807) is 12.7 Å². The van der Waals surface area contributed by atoms with Crippen LogP contribution in [0.4, 0.5) is 0 Å². The highest BCUT2D eigenvalue weighted by atomic mass is 16.4. The van der Waals surface area contributed by atoms with Crippen LogP contribution in [0.3, 0.4) is 0 Å². The molecule has 108 valence electrons. The van der Waals surface area contributed by atoms with Gasteiger partial charge in [0, 0.05) is 13.0 Å². The Morgan fingerprint density at radius 2 is 2.30 bits per heavy atom. The van der Waals surface area contributed by atoms with Gasteiger partial charge in [0.15, 0.2) is 0 Å². The zero-order valence-corrected chi connectivity index (χ0v) is 11.9. The van der Waals surface area contributed by atoms with Crippen LogP contribution in [0.5, 0.6) is 0 Å². The highest BCUT2D eigenvalue weighted by Crippen LogP contribution is 2.28. The van der Waals surface area contributed by atoms with E-state index in [-0.39, 0.29) is 6.04 Å². The summed E-state index contributed by atoms with van der Waals surface area (Å²) < 4.78 is 7.48. The Kier molecular flexibility index (Phi) is 3.77. The van der Waals surface area contributed by atoms with Crippen LogP contribution in [0.1, 0.15) is 44.0 Å². The molecule has 0 amide bonds. The van der Waals surface area contributed by atoms with Gasteiger partial charge in [-0.05, 0) is 26.3 Å². The van der Waals surface area contributed by atoms with Crippen molar-refractivity contribution in [3.05, 3.63) is 24.4 Å². The van der Waals surface area contributed by atoms with Crippen molar-refractivity contribution >= 4 is 0 Å². The lowest BCUT2D eigenvalue weighted by Crippen LogP contribution is -2.43. The molecule has 2 aromatic rings. The maximum Gasteiger partial charge on any atom is 0.233 e. The molecule has 0 radical (unpaired) electrons. The van der Waals surface area contributed by atoms with Crippen LogP contribution in [0, 0.1) is 6.92 Å². The summed E-state index contributed by atoms with van der Waals surface area (Å²) in [7, 11) is 0. The first-order valence-corrected chi connectivity index (χ1v) is 7.12. The average Bonchev–Trinajstić information content (AvgIpc) is 3.10. The predicted octanol–water partition coefficient (Wildman–Crippen LogP) is 1.59. The molecule has 3 heterocycles. The van der Waals surface area contributed by atoms with Crippen molar-refractivity contribution < 1.29 is 4.42 Å². The summed E-state index contributed by atoms with van der Waals surface area (Å²) in [6.45, 7) is 5.87. The van der Waals surface area contributed by atoms with Crippen molar-refractivity contribution in [1.82, 2.24) is 29.9 Å². The van der Waals surface area contributed by atoms with E-state index in [0.717, 1.165) is 19.5 Å². The molecule has 0 aromatic carbocycles. The fourth-order valence-corrected chi connectivity index (χ4v) is 2.89. The molecule has 0 aliphatic carbocycles. The molecule has 2 aromatic heterocycles. The maximum atomic E-state index is 5.58. The van der Waals surface area contributed by atoms with E-state index in [1.807, 2.05) is 11.6 Å². The van der Waals surface area contributed by atoms with E-state index in [4.69, 9.17) is 4.42 Å². The van der Waals surface area contributed by atoms with E-state index < -0.39 is 0 Å². The summed E-state index contributed by atoms with van der Waals surface area (Å²) in [6, 6.07) is 0.581. The van der Waals surface area contributed by atoms with Crippen LogP contribution in [0.25, 0.3) is 0 Å². The molecule has 0 saturated carbocycles. The minimum absolute atomic E-state index is 0.144. The molecule has 0 unspecified atom stereocenters. The minimum Gasteiger partial charge on any atom is -0.424 e. The second kappa shape index (κ2) is 5.70. The molecule has 1 aliphatic rings. The van der Waals surface area contributed by atoms with Gasteiger partial charge in [-0.2, -0.15) is 5.10 Å². The van der Waals surface area contributed by atoms with E-state index in [1.165, 1.54) is 12.8 Å². The third-order valence-corrected chi connectivity index (χ3v) is 3.93. The van der Waals surface area contributed by atoms with Crippen molar-refractivity contribution in [1.29, 1.82) is 0 Å². The first-order valence-electron chi connectivity index (χ1n) is 7.12. The van der Waals surface area contributed by atoms with Gasteiger partial charge in [0.25, 0.3) is 0 Å². The summed E-state index contributed by atoms with van der Waals surface area (Å²) in [4.78, 5) is 6.45. The molecule has 2 atom stereocenters. The third-order valence-electron chi connectivity index (χ3n) is 3.93. The molecular weight excluding hydrogens is 256 g/mol. The second-order valence-corrected chi connectivity index (χ2v) is 5.34. The highest BCUT2D eigenvalue weighted by Gasteiger charge is 2.30. The highest BCUT2D eigenvalue weighted by molar-refractivity contribution is 4.92. The van der Waals surface area contributed by atoms with E-state index >= 15 is 0 Å². The number of nitrogens with zero attached hydrogens (tertiary/aromatic N) is 6. The first-order chi connectivity index (χ1) is 9.74. The van der Waals surface area contributed by atoms with Crippen LogP contribution in [-0.2, 0) is 6.54 Å². The van der Waals surface area contributed by atoms with Crippen LogP contribution in [0.15, 0.2) is 17.1 Å². The standard InChI is InChI=1S/C13H20N6O/c1-10(13-17-16-11(2)20-13)19-6-4-3-5-12(19)7-18-9-14-8-15-18/h8-10,12H,3-7H2,1-2H3/t10-,12+/m1/s1. The summed E-state index contributed by atoms with van der Waals surface area (Å²) in [5.41, 5.74) is 0. The van der Waals surface area contributed by atoms with Gasteiger partial charge in [-0.15, -0.1) is 10.2 Å². The number of hydrogen-bond acceptors (Lipinski definition) is 6. The molecule has 7 heteroatoms. The SMILES string of the molecule is Cc1nnc([C@@H](C)N2CCCC[C@H]2Cn2cncn2)o1. The van der Waals surface area contributed by atoms with E-state index in [2.05, 4.69) is 32.1 Å². The van der Waals surface area contributed by atoms with Crippen LogP contribution >= 0.6 is 0 Å². The van der Waals surface area contributed by atoms with Crippen LogP contribution < -0.4 is 0 Å². The Balaban J connectivity index is 1.74. The molecule has 1 aliphatic heterocycles. The topological polar surface area (TPSA) is 72.9 Å². The summed E-state index contributed by atoms with van der Waals surface area (Å²) in [5.74, 6) is 1.32. The van der Waals surface area contributed by atoms with Gasteiger partial charge in [-0.3, -0.25) is 9.58 Å². The molecule has 3 rings (SSSR count). The second-order valence-electron chi connectivity index (χ2n) is 5.34. The fraction of sp³-hybridized carbons (Fsp3) is 0.692. The molecule has 7 nitrogen and oxygen atoms in total. The summed E-state index contributed by atoms with van der Waals surface area (Å²) in [5, 5.41) is 12.3. The Hall–Kier alpha value is -1.76. The van der Waals surface area contributed by atoms with E-state index in [0.29, 0.717) is 17.8 Å². The quantitative estimate of drug-likeness (QED) is 0.844. The smallest absolute Gasteiger partial charge is 0.233 e. The Morgan fingerprint density at radius 3 is 3.00 bits per heavy atom. The lowest BCUT2D eigenvalue weighted by Gasteiger charge is -2.38. The van der Waals surface area contributed by atoms with Crippen molar-refractivity contribution in [3.63, 3.8) is 0 Å². The third kappa shape index (κ3) is 2.72. The maximum absolute atomic E-state index is 5.58. The molecular formula is C13H20N6O. The zero-order valence-electron chi connectivity index (χ0n) is 11.9. The first kappa shape index (κ1) is 13.2. The van der Waals surface area contributed by atoms with Gasteiger partial charge < -0.3 is 4.42 Å².